The van der Waals surface area contributed by atoms with Gasteiger partial charge in [-0.1, -0.05) is 30.5 Å². The average molecular weight is 596 g/mol. The van der Waals surface area contributed by atoms with Crippen LogP contribution in [0.3, 0.4) is 0 Å². The number of pyridine rings is 1. The van der Waals surface area contributed by atoms with Crippen molar-refractivity contribution in [2.45, 2.75) is 42.1 Å². The topological polar surface area (TPSA) is 117 Å². The number of nitrogens with one attached hydrogen (secondary N) is 2. The number of hydrogen-bond donors (Lipinski definition) is 2. The van der Waals surface area contributed by atoms with Crippen LogP contribution in [0.25, 0.3) is 11.0 Å². The van der Waals surface area contributed by atoms with Gasteiger partial charge in [0.15, 0.2) is 11.3 Å². The van der Waals surface area contributed by atoms with E-state index in [4.69, 9.17) is 9.15 Å². The number of thioether (sulfide) groups is 1. The largest absolute Gasteiger partial charge is 0.460 e. The van der Waals surface area contributed by atoms with Crippen LogP contribution in [-0.2, 0) is 9.59 Å². The minimum atomic E-state index is -0.582. The Balaban J connectivity index is 1.12. The van der Waals surface area contributed by atoms with Gasteiger partial charge in [-0.15, -0.1) is 0 Å². The molecule has 43 heavy (non-hydrogen) atoms. The normalized spacial score (nSPS) is 20.9. The molecule has 4 amide bonds. The second-order valence-electron chi connectivity index (χ2n) is 10.8. The Bertz CT molecular complexity index is 1790. The fourth-order valence-corrected chi connectivity index (χ4v) is 7.32. The number of likely N-dealkylation sites (tertiary alicyclic amines) is 1. The lowest BCUT2D eigenvalue weighted by molar-refractivity contribution is -0.129. The SMILES string of the molecule is C=CC(=O)N1CCCC(NC(=O)[C@@H]2Sc3nccc4c3C2NC(=O)N4c2ccc(Oc3cccc4ccoc34)cc2C)C1. The zero-order valence-electron chi connectivity index (χ0n) is 23.4. The molecule has 0 saturated carbocycles. The van der Waals surface area contributed by atoms with Gasteiger partial charge in [-0.3, -0.25) is 14.5 Å². The lowest BCUT2D eigenvalue weighted by Gasteiger charge is -2.36. The number of aryl methyl sites for hydroxylation is 1. The molecule has 1 fully saturated rings. The van der Waals surface area contributed by atoms with E-state index in [1.54, 1.807) is 22.3 Å². The number of carbonyl (C=O) groups is 3. The number of furan rings is 1. The minimum absolute atomic E-state index is 0.139. The van der Waals surface area contributed by atoms with Crippen LogP contribution in [-0.4, -0.2) is 52.1 Å². The van der Waals surface area contributed by atoms with Gasteiger partial charge in [-0.2, -0.15) is 0 Å². The summed E-state index contributed by atoms with van der Waals surface area (Å²) >= 11 is 1.35. The first-order valence-electron chi connectivity index (χ1n) is 14.1. The monoisotopic (exact) mass is 595 g/mol. The Morgan fingerprint density at radius 1 is 1.21 bits per heavy atom. The van der Waals surface area contributed by atoms with E-state index in [-0.39, 0.29) is 23.9 Å². The predicted octanol–water partition coefficient (Wildman–Crippen LogP) is 5.60. The Morgan fingerprint density at radius 3 is 2.93 bits per heavy atom. The summed E-state index contributed by atoms with van der Waals surface area (Å²) in [5, 5.41) is 7.26. The summed E-state index contributed by atoms with van der Waals surface area (Å²) in [6, 6.07) is 13.9. The average Bonchev–Trinajstić information content (AvgIpc) is 3.64. The Morgan fingerprint density at radius 2 is 2.09 bits per heavy atom. The van der Waals surface area contributed by atoms with Crippen molar-refractivity contribution in [3.8, 4) is 11.5 Å². The number of hydrogen-bond acceptors (Lipinski definition) is 7. The number of aromatic nitrogens is 1. The molecule has 3 aliphatic rings. The summed E-state index contributed by atoms with van der Waals surface area (Å²) < 4.78 is 11.7. The predicted molar refractivity (Wildman–Crippen MR) is 163 cm³/mol. The molecule has 2 aromatic heterocycles. The Hall–Kier alpha value is -4.77. The first-order chi connectivity index (χ1) is 20.9. The van der Waals surface area contributed by atoms with Gasteiger partial charge in [0.2, 0.25) is 11.8 Å². The number of para-hydroxylation sites is 1. The van der Waals surface area contributed by atoms with Crippen molar-refractivity contribution in [2.24, 2.45) is 0 Å². The van der Waals surface area contributed by atoms with Crippen LogP contribution in [0.5, 0.6) is 11.5 Å². The third-order valence-corrected chi connectivity index (χ3v) is 9.39. The number of rotatable bonds is 6. The van der Waals surface area contributed by atoms with Crippen LogP contribution in [0.4, 0.5) is 16.2 Å². The first kappa shape index (κ1) is 27.1. The quantitative estimate of drug-likeness (QED) is 0.279. The molecule has 10 nitrogen and oxygen atoms in total. The van der Waals surface area contributed by atoms with Gasteiger partial charge in [0.1, 0.15) is 16.0 Å². The third kappa shape index (κ3) is 4.79. The maximum atomic E-state index is 13.7. The molecule has 3 aliphatic heterocycles. The zero-order valence-corrected chi connectivity index (χ0v) is 24.2. The van der Waals surface area contributed by atoms with Crippen LogP contribution in [0.1, 0.15) is 30.0 Å². The number of amides is 4. The minimum Gasteiger partial charge on any atom is -0.460 e. The van der Waals surface area contributed by atoms with Gasteiger partial charge in [0.25, 0.3) is 0 Å². The van der Waals surface area contributed by atoms with Gasteiger partial charge in [0.05, 0.1) is 23.7 Å². The first-order valence-corrected chi connectivity index (χ1v) is 15.0. The lowest BCUT2D eigenvalue weighted by Crippen LogP contribution is -2.53. The van der Waals surface area contributed by atoms with E-state index in [1.807, 2.05) is 55.5 Å². The highest BCUT2D eigenvalue weighted by atomic mass is 32.2. The molecule has 3 atom stereocenters. The summed E-state index contributed by atoms with van der Waals surface area (Å²) in [5.74, 6) is 0.896. The number of urea groups is 1. The second-order valence-corrected chi connectivity index (χ2v) is 12.0. The second kappa shape index (κ2) is 10.8. The molecular weight excluding hydrogens is 566 g/mol. The molecule has 7 rings (SSSR count). The molecule has 11 heteroatoms. The summed E-state index contributed by atoms with van der Waals surface area (Å²) in [5.41, 5.74) is 3.71. The maximum Gasteiger partial charge on any atom is 0.327 e. The third-order valence-electron chi connectivity index (χ3n) is 8.10. The van der Waals surface area contributed by atoms with Gasteiger partial charge in [0, 0.05) is 36.3 Å². The molecule has 1 saturated heterocycles. The smallest absolute Gasteiger partial charge is 0.327 e. The fourth-order valence-electron chi connectivity index (χ4n) is 6.09. The van der Waals surface area contributed by atoms with E-state index >= 15 is 0 Å². The van der Waals surface area contributed by atoms with Gasteiger partial charge < -0.3 is 24.7 Å². The Kier molecular flexibility index (Phi) is 6.81. The van der Waals surface area contributed by atoms with Crippen LogP contribution < -0.4 is 20.3 Å². The lowest BCUT2D eigenvalue weighted by atomic mass is 9.98. The van der Waals surface area contributed by atoms with Crippen molar-refractivity contribution in [1.29, 1.82) is 0 Å². The van der Waals surface area contributed by atoms with Crippen LogP contribution in [0.2, 0.25) is 0 Å². The number of piperidine rings is 1. The molecule has 0 radical (unpaired) electrons. The summed E-state index contributed by atoms with van der Waals surface area (Å²) in [7, 11) is 0. The molecule has 0 bridgehead atoms. The molecule has 0 spiro atoms. The van der Waals surface area contributed by atoms with E-state index in [9.17, 15) is 14.4 Å². The van der Waals surface area contributed by atoms with Crippen molar-refractivity contribution in [1.82, 2.24) is 20.5 Å². The van der Waals surface area contributed by atoms with Gasteiger partial charge >= 0.3 is 6.03 Å². The molecule has 2 N–H and O–H groups in total. The number of nitrogens with zero attached hydrogens (tertiary/aromatic N) is 3. The summed E-state index contributed by atoms with van der Waals surface area (Å²) in [6.45, 7) is 6.58. The van der Waals surface area contributed by atoms with Crippen LogP contribution in [0, 0.1) is 6.92 Å². The molecule has 0 aliphatic carbocycles. The maximum absolute atomic E-state index is 13.7. The number of fused-ring (bicyclic) bond motifs is 1. The van der Waals surface area contributed by atoms with Crippen molar-refractivity contribution in [3.05, 3.63) is 84.8 Å². The molecular formula is C32H29N5O5S. The number of anilines is 2. The molecule has 218 valence electrons. The van der Waals surface area contributed by atoms with E-state index in [0.717, 1.165) is 29.4 Å². The van der Waals surface area contributed by atoms with E-state index in [1.165, 1.54) is 17.8 Å². The zero-order chi connectivity index (χ0) is 29.7. The number of benzene rings is 2. The van der Waals surface area contributed by atoms with Crippen molar-refractivity contribution < 1.29 is 23.5 Å². The molecule has 2 aromatic carbocycles. The highest BCUT2D eigenvalue weighted by Crippen LogP contribution is 2.51. The number of carbonyl (C=O) groups excluding carboxylic acids is 3. The summed E-state index contributed by atoms with van der Waals surface area (Å²) in [4.78, 5) is 47.2. The van der Waals surface area contributed by atoms with Crippen LogP contribution in [0.15, 0.2) is 83.1 Å². The summed E-state index contributed by atoms with van der Waals surface area (Å²) in [6.07, 6.45) is 6.17. The molecule has 5 heterocycles. The van der Waals surface area contributed by atoms with Crippen molar-refractivity contribution >= 4 is 52.0 Å². The van der Waals surface area contributed by atoms with Gasteiger partial charge in [-0.05, 0) is 67.8 Å². The molecule has 2 unspecified atom stereocenters. The standard InChI is InChI=1S/C32H29N5O5S/c1-3-25(38)36-14-5-7-20(17-36)34-30(39)29-27-26-23(11-13-33-31(26)43-29)37(32(40)35-27)22-10-9-21(16-18(22)2)42-24-8-4-6-19-12-15-41-28(19)24/h3-4,6,8-13,15-16,20,27,29H,1,5,7,14,17H2,2H3,(H,34,39)(H,35,40)/t20?,27?,29-/m1/s1. The Labute approximate surface area is 252 Å². The van der Waals surface area contributed by atoms with E-state index in [2.05, 4.69) is 22.2 Å². The number of ether oxygens (including phenoxy) is 1. The highest BCUT2D eigenvalue weighted by molar-refractivity contribution is 8.01. The van der Waals surface area contributed by atoms with E-state index < -0.39 is 11.3 Å². The fraction of sp³-hybridized carbons (Fsp3) is 0.250. The molecule has 4 aromatic rings. The highest BCUT2D eigenvalue weighted by Gasteiger charge is 2.47. The van der Waals surface area contributed by atoms with E-state index in [0.29, 0.717) is 46.6 Å². The van der Waals surface area contributed by atoms with Crippen molar-refractivity contribution in [2.75, 3.05) is 18.0 Å². The van der Waals surface area contributed by atoms with Gasteiger partial charge in [-0.25, -0.2) is 9.78 Å². The van der Waals surface area contributed by atoms with Crippen molar-refractivity contribution in [3.63, 3.8) is 0 Å². The van der Waals surface area contributed by atoms with Crippen LogP contribution >= 0.6 is 11.8 Å².